The van der Waals surface area contributed by atoms with Crippen molar-refractivity contribution in [1.29, 1.82) is 0 Å². The summed E-state index contributed by atoms with van der Waals surface area (Å²) >= 11 is 0. The fraction of sp³-hybridized carbons (Fsp3) is 0.118. The van der Waals surface area contributed by atoms with E-state index in [0.29, 0.717) is 17.2 Å². The monoisotopic (exact) mass is 308 g/mol. The van der Waals surface area contributed by atoms with Gasteiger partial charge in [-0.05, 0) is 42.5 Å². The molecule has 0 saturated carbocycles. The Hall–Kier alpha value is -3.15. The number of benzene rings is 1. The lowest BCUT2D eigenvalue weighted by Gasteiger charge is -2.04. The van der Waals surface area contributed by atoms with Crippen LogP contribution in [0.4, 0.5) is 0 Å². The molecule has 0 aliphatic heterocycles. The smallest absolute Gasteiger partial charge is 0.269 e. The predicted octanol–water partition coefficient (Wildman–Crippen LogP) is 2.30. The van der Waals surface area contributed by atoms with Crippen molar-refractivity contribution in [2.24, 2.45) is 0 Å². The zero-order valence-electron chi connectivity index (χ0n) is 12.9. The molecule has 0 atom stereocenters. The van der Waals surface area contributed by atoms with Gasteiger partial charge < -0.3 is 10.1 Å². The molecule has 1 N–H and O–H groups in total. The molecule has 116 valence electrons. The Labute approximate surface area is 133 Å². The molecule has 0 fully saturated rings. The molecule has 3 aromatic rings. The van der Waals surface area contributed by atoms with Gasteiger partial charge >= 0.3 is 0 Å². The summed E-state index contributed by atoms with van der Waals surface area (Å²) < 4.78 is 6.70. The highest BCUT2D eigenvalue weighted by atomic mass is 16.5. The van der Waals surface area contributed by atoms with Crippen LogP contribution >= 0.6 is 0 Å². The van der Waals surface area contributed by atoms with Crippen LogP contribution in [0.15, 0.2) is 54.7 Å². The number of methoxy groups -OCH3 is 1. The first-order chi connectivity index (χ1) is 11.2. The summed E-state index contributed by atoms with van der Waals surface area (Å²) in [7, 11) is 3.21. The summed E-state index contributed by atoms with van der Waals surface area (Å²) in [5.74, 6) is 1.14. The van der Waals surface area contributed by atoms with Gasteiger partial charge in [-0.25, -0.2) is 9.67 Å². The number of amides is 1. The van der Waals surface area contributed by atoms with E-state index in [4.69, 9.17) is 4.74 Å². The van der Waals surface area contributed by atoms with Gasteiger partial charge in [0.1, 0.15) is 11.4 Å². The lowest BCUT2D eigenvalue weighted by molar-refractivity contribution is 0.0955. The zero-order valence-corrected chi connectivity index (χ0v) is 12.9. The average molecular weight is 308 g/mol. The van der Waals surface area contributed by atoms with Crippen LogP contribution in [0.1, 0.15) is 10.5 Å². The minimum atomic E-state index is -0.220. The van der Waals surface area contributed by atoms with E-state index < -0.39 is 0 Å². The molecule has 1 aromatic carbocycles. The fourth-order valence-corrected chi connectivity index (χ4v) is 2.23. The van der Waals surface area contributed by atoms with Gasteiger partial charge in [0.15, 0.2) is 5.82 Å². The van der Waals surface area contributed by atoms with Crippen LogP contribution in [0.25, 0.3) is 17.1 Å². The second-order valence-corrected chi connectivity index (χ2v) is 4.82. The number of nitrogens with one attached hydrogen (secondary N) is 1. The quantitative estimate of drug-likeness (QED) is 0.803. The van der Waals surface area contributed by atoms with Crippen molar-refractivity contribution < 1.29 is 9.53 Å². The first-order valence-corrected chi connectivity index (χ1v) is 7.11. The van der Waals surface area contributed by atoms with Crippen LogP contribution in [0.2, 0.25) is 0 Å². The molecule has 6 heteroatoms. The molecule has 0 aliphatic carbocycles. The molecule has 2 aromatic heterocycles. The van der Waals surface area contributed by atoms with Crippen LogP contribution in [-0.4, -0.2) is 34.8 Å². The van der Waals surface area contributed by atoms with E-state index in [0.717, 1.165) is 11.3 Å². The number of carbonyl (C=O) groups excluding carboxylic acids is 1. The van der Waals surface area contributed by atoms with Crippen LogP contribution in [0, 0.1) is 0 Å². The molecule has 0 spiro atoms. The molecule has 6 nitrogen and oxygen atoms in total. The summed E-state index contributed by atoms with van der Waals surface area (Å²) in [6.07, 6.45) is 1.66. The van der Waals surface area contributed by atoms with Crippen LogP contribution in [-0.2, 0) is 0 Å². The van der Waals surface area contributed by atoms with Crippen molar-refractivity contribution in [1.82, 2.24) is 20.1 Å². The van der Waals surface area contributed by atoms with Crippen molar-refractivity contribution in [3.8, 4) is 22.8 Å². The van der Waals surface area contributed by atoms with Gasteiger partial charge in [0.2, 0.25) is 0 Å². The normalized spacial score (nSPS) is 10.3. The van der Waals surface area contributed by atoms with E-state index in [1.54, 1.807) is 37.2 Å². The third-order valence-corrected chi connectivity index (χ3v) is 3.42. The molecular weight excluding hydrogens is 292 g/mol. The lowest BCUT2D eigenvalue weighted by atomic mass is 10.1. The van der Waals surface area contributed by atoms with Gasteiger partial charge in [-0.3, -0.25) is 4.79 Å². The van der Waals surface area contributed by atoms with E-state index in [9.17, 15) is 4.79 Å². The third kappa shape index (κ3) is 2.91. The second-order valence-electron chi connectivity index (χ2n) is 4.82. The molecule has 0 saturated heterocycles. The van der Waals surface area contributed by atoms with Gasteiger partial charge in [-0.15, -0.1) is 0 Å². The zero-order chi connectivity index (χ0) is 16.2. The van der Waals surface area contributed by atoms with Gasteiger partial charge in [0, 0.05) is 18.8 Å². The largest absolute Gasteiger partial charge is 0.497 e. The van der Waals surface area contributed by atoms with Gasteiger partial charge in [-0.1, -0.05) is 6.07 Å². The average Bonchev–Trinajstić information content (AvgIpc) is 3.07. The topological polar surface area (TPSA) is 69.0 Å². The highest BCUT2D eigenvalue weighted by Crippen LogP contribution is 2.23. The maximum atomic E-state index is 12.1. The van der Waals surface area contributed by atoms with Crippen molar-refractivity contribution in [3.05, 3.63) is 60.4 Å². The molecule has 3 rings (SSSR count). The minimum Gasteiger partial charge on any atom is -0.497 e. The van der Waals surface area contributed by atoms with Crippen molar-refractivity contribution in [3.63, 3.8) is 0 Å². The molecular formula is C17H16N4O2. The van der Waals surface area contributed by atoms with E-state index in [2.05, 4.69) is 15.4 Å². The third-order valence-electron chi connectivity index (χ3n) is 3.42. The number of ether oxygens (including phenoxy) is 1. The minimum absolute atomic E-state index is 0.220. The number of rotatable bonds is 4. The van der Waals surface area contributed by atoms with E-state index in [1.165, 1.54) is 0 Å². The molecule has 1 amide bonds. The van der Waals surface area contributed by atoms with Gasteiger partial charge in [-0.2, -0.15) is 5.10 Å². The van der Waals surface area contributed by atoms with E-state index in [1.807, 2.05) is 36.4 Å². The van der Waals surface area contributed by atoms with Crippen LogP contribution in [0.5, 0.6) is 5.75 Å². The van der Waals surface area contributed by atoms with Crippen LogP contribution in [0.3, 0.4) is 0 Å². The summed E-state index contributed by atoms with van der Waals surface area (Å²) in [6.45, 7) is 0. The number of pyridine rings is 1. The number of nitrogens with zero attached hydrogens (tertiary/aromatic N) is 3. The summed E-state index contributed by atoms with van der Waals surface area (Å²) in [5, 5.41) is 7.15. The Kier molecular flexibility index (Phi) is 4.05. The Morgan fingerprint density at radius 2 is 1.96 bits per heavy atom. The summed E-state index contributed by atoms with van der Waals surface area (Å²) in [4.78, 5) is 16.4. The van der Waals surface area contributed by atoms with Crippen molar-refractivity contribution >= 4 is 5.91 Å². The Balaban J connectivity index is 2.09. The first kappa shape index (κ1) is 14.8. The van der Waals surface area contributed by atoms with E-state index >= 15 is 0 Å². The number of hydrogen-bond donors (Lipinski definition) is 1. The predicted molar refractivity (Wildman–Crippen MR) is 86.7 cm³/mol. The Morgan fingerprint density at radius 1 is 1.17 bits per heavy atom. The van der Waals surface area contributed by atoms with E-state index in [-0.39, 0.29) is 5.91 Å². The van der Waals surface area contributed by atoms with Crippen molar-refractivity contribution in [2.75, 3.05) is 14.2 Å². The van der Waals surface area contributed by atoms with Gasteiger partial charge in [0.05, 0.1) is 12.8 Å². The molecule has 0 aliphatic rings. The molecule has 2 heterocycles. The number of carbonyl (C=O) groups is 1. The van der Waals surface area contributed by atoms with Crippen LogP contribution < -0.4 is 10.1 Å². The number of hydrogen-bond acceptors (Lipinski definition) is 4. The maximum Gasteiger partial charge on any atom is 0.269 e. The van der Waals surface area contributed by atoms with Gasteiger partial charge in [0.25, 0.3) is 5.91 Å². The Morgan fingerprint density at radius 3 is 2.57 bits per heavy atom. The SMILES string of the molecule is CNC(=O)c1cc(-c2ccc(OC)cc2)nn1-c1ccccn1. The maximum absolute atomic E-state index is 12.1. The molecule has 0 radical (unpaired) electrons. The Bertz CT molecular complexity index is 810. The second kappa shape index (κ2) is 6.31. The summed E-state index contributed by atoms with van der Waals surface area (Å²) in [6, 6.07) is 14.7. The fourth-order valence-electron chi connectivity index (χ4n) is 2.23. The first-order valence-electron chi connectivity index (χ1n) is 7.11. The highest BCUT2D eigenvalue weighted by Gasteiger charge is 2.17. The van der Waals surface area contributed by atoms with Crippen molar-refractivity contribution in [2.45, 2.75) is 0 Å². The molecule has 0 unspecified atom stereocenters. The summed E-state index contributed by atoms with van der Waals surface area (Å²) in [5.41, 5.74) is 2.01. The number of aromatic nitrogens is 3. The highest BCUT2D eigenvalue weighted by molar-refractivity contribution is 5.94. The standard InChI is InChI=1S/C17H16N4O2/c1-18-17(22)15-11-14(12-6-8-13(23-2)9-7-12)20-21(15)16-5-3-4-10-19-16/h3-11H,1-2H3,(H,18,22). The lowest BCUT2D eigenvalue weighted by Crippen LogP contribution is -2.21. The molecule has 23 heavy (non-hydrogen) atoms. The molecule has 0 bridgehead atoms.